The highest BCUT2D eigenvalue weighted by Gasteiger charge is 2.37. The SMILES string of the molecule is CO[Si](CCCCl)(OC)OC.CO[Si](CCCn1cccn1)(OC)OC.[2HH].c1cn[nH]c1. The molecule has 2 aromatic rings. The number of aromatic amines is 1. The van der Waals surface area contributed by atoms with Crippen molar-refractivity contribution in [2.24, 2.45) is 0 Å². The molecule has 2 heterocycles. The highest BCUT2D eigenvalue weighted by molar-refractivity contribution is 6.60. The van der Waals surface area contributed by atoms with E-state index in [-0.39, 0.29) is 1.43 Å². The summed E-state index contributed by atoms with van der Waals surface area (Å²) in [4.78, 5) is 0. The summed E-state index contributed by atoms with van der Waals surface area (Å²) < 4.78 is 33.4. The van der Waals surface area contributed by atoms with Crippen LogP contribution in [-0.4, -0.2) is 86.1 Å². The summed E-state index contributed by atoms with van der Waals surface area (Å²) in [7, 11) is 5.00. The van der Waals surface area contributed by atoms with Crippen molar-refractivity contribution in [2.75, 3.05) is 48.5 Å². The van der Waals surface area contributed by atoms with Gasteiger partial charge in [0.05, 0.1) is 0 Å². The summed E-state index contributed by atoms with van der Waals surface area (Å²) in [6.07, 6.45) is 8.97. The highest BCUT2D eigenvalue weighted by Crippen LogP contribution is 2.16. The van der Waals surface area contributed by atoms with Crippen molar-refractivity contribution in [1.29, 1.82) is 0 Å². The highest BCUT2D eigenvalue weighted by atomic mass is 35.5. The van der Waals surface area contributed by atoms with Crippen molar-refractivity contribution in [1.82, 2.24) is 20.0 Å². The van der Waals surface area contributed by atoms with Crippen LogP contribution in [-0.2, 0) is 33.1 Å². The third-order valence-electron chi connectivity index (χ3n) is 4.32. The molecular weight excluding hydrogens is 460 g/mol. The van der Waals surface area contributed by atoms with Gasteiger partial charge in [0, 0.05) is 93.4 Å². The predicted octanol–water partition coefficient (Wildman–Crippen LogP) is 3.30. The largest absolute Gasteiger partial charge is 0.500 e. The molecule has 0 fully saturated rings. The van der Waals surface area contributed by atoms with Crippen LogP contribution in [0.15, 0.2) is 36.9 Å². The Kier molecular flexibility index (Phi) is 17.8. The van der Waals surface area contributed by atoms with Gasteiger partial charge in [0.15, 0.2) is 0 Å². The lowest BCUT2D eigenvalue weighted by Gasteiger charge is -2.24. The zero-order valence-corrected chi connectivity index (χ0v) is 22.1. The van der Waals surface area contributed by atoms with E-state index in [0.717, 1.165) is 31.5 Å². The minimum atomic E-state index is -2.39. The first-order valence-corrected chi connectivity index (χ1v) is 14.2. The normalized spacial score (nSPS) is 11.3. The second-order valence-corrected chi connectivity index (χ2v) is 12.6. The smallest absolute Gasteiger partial charge is 0.377 e. The number of halogens is 1. The molecule has 0 radical (unpaired) electrons. The van der Waals surface area contributed by atoms with Gasteiger partial charge in [0.2, 0.25) is 0 Å². The Bertz CT molecular complexity index is 575. The molecule has 2 aromatic heterocycles. The van der Waals surface area contributed by atoms with Crippen molar-refractivity contribution in [2.45, 2.75) is 31.5 Å². The van der Waals surface area contributed by atoms with Gasteiger partial charge in [-0.25, -0.2) is 0 Å². The molecule has 0 bridgehead atoms. The number of aryl methyl sites for hydroxylation is 1. The summed E-state index contributed by atoms with van der Waals surface area (Å²) >= 11 is 5.53. The average Bonchev–Trinajstić information content (AvgIpc) is 3.56. The van der Waals surface area contributed by atoms with Gasteiger partial charge in [0.25, 0.3) is 0 Å². The number of nitrogens with one attached hydrogen (secondary N) is 1. The maximum Gasteiger partial charge on any atom is 0.500 e. The summed E-state index contributed by atoms with van der Waals surface area (Å²) in [5.74, 6) is 0.616. The first-order valence-electron chi connectivity index (χ1n) is 9.79. The third-order valence-corrected chi connectivity index (χ3v) is 10.2. The molecule has 0 unspecified atom stereocenters. The molecule has 0 aromatic carbocycles. The fourth-order valence-electron chi connectivity index (χ4n) is 2.50. The molecular formula is C18H39ClN4O6Si2. The second-order valence-electron chi connectivity index (χ2n) is 6.02. The third kappa shape index (κ3) is 12.5. The number of hydrogen-bond acceptors (Lipinski definition) is 8. The quantitative estimate of drug-likeness (QED) is 0.331. The number of hydrogen-bond donors (Lipinski definition) is 1. The van der Waals surface area contributed by atoms with Crippen LogP contribution in [0.1, 0.15) is 14.3 Å². The van der Waals surface area contributed by atoms with E-state index in [1.54, 1.807) is 61.2 Å². The zero-order chi connectivity index (χ0) is 23.4. The molecule has 0 saturated heterocycles. The Hall–Kier alpha value is -1.10. The van der Waals surface area contributed by atoms with Gasteiger partial charge in [0.1, 0.15) is 0 Å². The van der Waals surface area contributed by atoms with Gasteiger partial charge in [-0.15, -0.1) is 11.6 Å². The molecule has 31 heavy (non-hydrogen) atoms. The van der Waals surface area contributed by atoms with Gasteiger partial charge in [-0.05, 0) is 25.0 Å². The van der Waals surface area contributed by atoms with Crippen LogP contribution in [0.4, 0.5) is 0 Å². The summed E-state index contributed by atoms with van der Waals surface area (Å²) in [6.45, 7) is 0.859. The zero-order valence-electron chi connectivity index (χ0n) is 19.4. The molecule has 0 atom stereocenters. The van der Waals surface area contributed by atoms with Crippen molar-refractivity contribution >= 4 is 29.2 Å². The van der Waals surface area contributed by atoms with Crippen LogP contribution in [0.25, 0.3) is 0 Å². The topological polar surface area (TPSA) is 102 Å². The number of aromatic nitrogens is 4. The van der Waals surface area contributed by atoms with Crippen LogP contribution in [0.2, 0.25) is 12.1 Å². The number of H-pyrrole nitrogens is 1. The fraction of sp³-hybridized carbons (Fsp3) is 0.667. The van der Waals surface area contributed by atoms with Gasteiger partial charge in [-0.2, -0.15) is 10.2 Å². The summed E-state index contributed by atoms with van der Waals surface area (Å²) in [5, 5.41) is 10.3. The number of nitrogens with zero attached hydrogens (tertiary/aromatic N) is 3. The van der Waals surface area contributed by atoms with Gasteiger partial charge in [-0.3, -0.25) is 9.78 Å². The maximum absolute atomic E-state index is 5.53. The van der Waals surface area contributed by atoms with Crippen LogP contribution >= 0.6 is 11.6 Å². The first-order chi connectivity index (χ1) is 15.0. The monoisotopic (exact) mass is 499 g/mol. The molecule has 0 saturated carbocycles. The molecule has 2 rings (SSSR count). The summed E-state index contributed by atoms with van der Waals surface area (Å²) in [5.41, 5.74) is 0. The molecule has 182 valence electrons. The minimum Gasteiger partial charge on any atom is -0.377 e. The van der Waals surface area contributed by atoms with Crippen molar-refractivity contribution in [3.63, 3.8) is 0 Å². The average molecular weight is 500 g/mol. The van der Waals surface area contributed by atoms with Crippen LogP contribution in [0.5, 0.6) is 0 Å². The van der Waals surface area contributed by atoms with Crippen LogP contribution in [0.3, 0.4) is 0 Å². The van der Waals surface area contributed by atoms with E-state index in [2.05, 4.69) is 15.3 Å². The van der Waals surface area contributed by atoms with Crippen molar-refractivity contribution < 1.29 is 28.0 Å². The Morgan fingerprint density at radius 1 is 0.839 bits per heavy atom. The van der Waals surface area contributed by atoms with E-state index >= 15 is 0 Å². The van der Waals surface area contributed by atoms with E-state index < -0.39 is 17.6 Å². The van der Waals surface area contributed by atoms with Crippen molar-refractivity contribution in [3.05, 3.63) is 36.9 Å². The molecule has 0 aliphatic rings. The van der Waals surface area contributed by atoms with Crippen molar-refractivity contribution in [3.8, 4) is 0 Å². The predicted molar refractivity (Wildman–Crippen MR) is 126 cm³/mol. The standard InChI is InChI=1S/C9H18N2O3Si.C6H15ClO3Si.C3H4N2.H2/c1-12-15(13-2,14-3)9-5-8-11-7-4-6-10-11;1-8-11(9-2,10-3)6-4-5-7;1-2-4-5-3-1;/h4,6-7H,5,8-9H2,1-3H3;4-6H2,1-3H3;1-3H,(H,4,5);1H/i;;;1+1. The van der Waals surface area contributed by atoms with Gasteiger partial charge >= 0.3 is 17.6 Å². The molecule has 0 amide bonds. The molecule has 13 heteroatoms. The first kappa shape index (κ1) is 29.9. The Labute approximate surface area is 194 Å². The Morgan fingerprint density at radius 2 is 1.39 bits per heavy atom. The second kappa shape index (κ2) is 18.5. The lowest BCUT2D eigenvalue weighted by Crippen LogP contribution is -2.42. The summed E-state index contributed by atoms with van der Waals surface area (Å²) in [6, 6.07) is 5.32. The molecule has 0 aliphatic heterocycles. The van der Waals surface area contributed by atoms with E-state index in [1.807, 2.05) is 23.0 Å². The van der Waals surface area contributed by atoms with Crippen LogP contribution in [0, 0.1) is 0 Å². The molecule has 0 spiro atoms. The lowest BCUT2D eigenvalue weighted by molar-refractivity contribution is 0.122. The molecule has 0 aliphatic carbocycles. The number of alkyl halides is 1. The minimum absolute atomic E-state index is 0. The van der Waals surface area contributed by atoms with Gasteiger partial charge < -0.3 is 26.6 Å². The molecule has 10 nitrogen and oxygen atoms in total. The van der Waals surface area contributed by atoms with E-state index in [0.29, 0.717) is 5.88 Å². The number of rotatable bonds is 13. The maximum atomic E-state index is 5.53. The Morgan fingerprint density at radius 3 is 1.71 bits per heavy atom. The lowest BCUT2D eigenvalue weighted by atomic mass is 10.5. The van der Waals surface area contributed by atoms with Gasteiger partial charge in [-0.1, -0.05) is 0 Å². The van der Waals surface area contributed by atoms with Crippen LogP contribution < -0.4 is 0 Å². The van der Waals surface area contributed by atoms with E-state index in [9.17, 15) is 0 Å². The van der Waals surface area contributed by atoms with E-state index in [1.165, 1.54) is 0 Å². The Balaban J connectivity index is 0. The van der Waals surface area contributed by atoms with E-state index in [4.69, 9.17) is 38.2 Å². The fourth-order valence-corrected chi connectivity index (χ4v) is 6.28. The molecule has 1 N–H and O–H groups in total.